The second-order valence-corrected chi connectivity index (χ2v) is 4.72. The van der Waals surface area contributed by atoms with E-state index in [1.54, 1.807) is 0 Å². The van der Waals surface area contributed by atoms with Gasteiger partial charge in [0.15, 0.2) is 12.4 Å². The van der Waals surface area contributed by atoms with E-state index in [1.165, 1.54) is 17.2 Å². The van der Waals surface area contributed by atoms with Crippen LogP contribution in [0.5, 0.6) is 0 Å². The van der Waals surface area contributed by atoms with Crippen LogP contribution in [0.15, 0.2) is 11.3 Å². The van der Waals surface area contributed by atoms with Crippen LogP contribution in [0.25, 0.3) is 0 Å². The number of alkyl halides is 1. The molecule has 110 valence electrons. The van der Waals surface area contributed by atoms with Crippen molar-refractivity contribution in [2.45, 2.75) is 30.7 Å². The van der Waals surface area contributed by atoms with Gasteiger partial charge in [-0.05, 0) is 0 Å². The Balaban J connectivity index is 1.94. The summed E-state index contributed by atoms with van der Waals surface area (Å²) in [7, 11) is 0. The first-order valence-electron chi connectivity index (χ1n) is 6.21. The molecule has 8 nitrogen and oxygen atoms in total. The molecule has 0 bridgehead atoms. The van der Waals surface area contributed by atoms with Crippen molar-refractivity contribution in [1.29, 1.82) is 0 Å². The van der Waals surface area contributed by atoms with Crippen LogP contribution >= 0.6 is 0 Å². The van der Waals surface area contributed by atoms with Crippen molar-refractivity contribution in [1.82, 2.24) is 9.55 Å². The van der Waals surface area contributed by atoms with E-state index in [2.05, 4.69) is 15.3 Å². The number of nitrogens with one attached hydrogen (secondary N) is 1. The SMILES string of the molecule is OC[C@H]1O[C@@H](n2cnc3c2NC=NCC3O)C(F)[C@H]1O. The Morgan fingerprint density at radius 3 is 3.00 bits per heavy atom. The minimum atomic E-state index is -1.70. The fraction of sp³-hybridized carbons (Fsp3) is 0.636. The molecule has 3 heterocycles. The second-order valence-electron chi connectivity index (χ2n) is 4.72. The highest BCUT2D eigenvalue weighted by Crippen LogP contribution is 2.36. The lowest BCUT2D eigenvalue weighted by Crippen LogP contribution is -2.30. The average molecular weight is 286 g/mol. The average Bonchev–Trinajstić information content (AvgIpc) is 2.92. The molecule has 2 unspecified atom stereocenters. The van der Waals surface area contributed by atoms with Gasteiger partial charge in [0.1, 0.15) is 29.8 Å². The summed E-state index contributed by atoms with van der Waals surface area (Å²) in [5.74, 6) is 0.359. The lowest BCUT2D eigenvalue weighted by Gasteiger charge is -2.17. The van der Waals surface area contributed by atoms with Gasteiger partial charge in [0, 0.05) is 0 Å². The zero-order valence-electron chi connectivity index (χ0n) is 10.4. The van der Waals surface area contributed by atoms with Gasteiger partial charge in [0.05, 0.1) is 25.8 Å². The predicted molar refractivity (Wildman–Crippen MR) is 66.1 cm³/mol. The molecule has 2 aliphatic heterocycles. The summed E-state index contributed by atoms with van der Waals surface area (Å²) < 4.78 is 20.7. The summed E-state index contributed by atoms with van der Waals surface area (Å²) in [4.78, 5) is 7.94. The van der Waals surface area contributed by atoms with Crippen LogP contribution in [-0.2, 0) is 4.74 Å². The van der Waals surface area contributed by atoms with Gasteiger partial charge in [-0.25, -0.2) is 9.37 Å². The van der Waals surface area contributed by atoms with Gasteiger partial charge in [-0.15, -0.1) is 0 Å². The van der Waals surface area contributed by atoms with E-state index in [4.69, 9.17) is 9.84 Å². The number of rotatable bonds is 2. The summed E-state index contributed by atoms with van der Waals surface area (Å²) in [6.07, 6.45) is -3.41. The molecule has 1 saturated heterocycles. The standard InChI is InChI=1S/C11H15FN4O4/c12-7-9(19)6(2-17)20-11(7)16-4-15-8-5(18)1-13-3-14-10(8)16/h3-7,9,11,17-19H,1-2H2,(H,13,14)/t5?,6-,7?,9+,11-/m1/s1. The third-order valence-electron chi connectivity index (χ3n) is 3.46. The summed E-state index contributed by atoms with van der Waals surface area (Å²) >= 11 is 0. The molecule has 1 fully saturated rings. The molecule has 0 aliphatic carbocycles. The van der Waals surface area contributed by atoms with Crippen LogP contribution in [0.1, 0.15) is 18.0 Å². The van der Waals surface area contributed by atoms with Crippen molar-refractivity contribution in [2.75, 3.05) is 18.5 Å². The number of fused-ring (bicyclic) bond motifs is 1. The third kappa shape index (κ3) is 1.99. The van der Waals surface area contributed by atoms with Gasteiger partial charge in [0.25, 0.3) is 0 Å². The first-order chi connectivity index (χ1) is 9.63. The number of imidazole rings is 1. The monoisotopic (exact) mass is 286 g/mol. The smallest absolute Gasteiger partial charge is 0.173 e. The molecular weight excluding hydrogens is 271 g/mol. The maximum atomic E-state index is 14.1. The van der Waals surface area contributed by atoms with Crippen molar-refractivity contribution >= 4 is 12.2 Å². The zero-order chi connectivity index (χ0) is 14.3. The molecule has 5 atom stereocenters. The lowest BCUT2D eigenvalue weighted by molar-refractivity contribution is -0.0465. The molecule has 0 aromatic carbocycles. The van der Waals surface area contributed by atoms with Crippen LogP contribution in [-0.4, -0.2) is 62.7 Å². The number of hydrogen-bond acceptors (Lipinski definition) is 7. The van der Waals surface area contributed by atoms with Gasteiger partial charge in [-0.3, -0.25) is 9.56 Å². The number of aliphatic hydroxyl groups excluding tert-OH is 3. The van der Waals surface area contributed by atoms with E-state index in [1.807, 2.05) is 0 Å². The van der Waals surface area contributed by atoms with Gasteiger partial charge < -0.3 is 25.4 Å². The molecule has 4 N–H and O–H groups in total. The number of anilines is 1. The number of ether oxygens (including phenoxy) is 1. The zero-order valence-corrected chi connectivity index (χ0v) is 10.4. The Morgan fingerprint density at radius 2 is 2.30 bits per heavy atom. The molecule has 2 aliphatic rings. The quantitative estimate of drug-likeness (QED) is 0.552. The summed E-state index contributed by atoms with van der Waals surface area (Å²) in [5, 5.41) is 31.4. The number of nitrogens with zero attached hydrogens (tertiary/aromatic N) is 3. The molecule has 0 spiro atoms. The number of halogens is 1. The molecule has 1 aromatic rings. The fourth-order valence-electron chi connectivity index (χ4n) is 2.39. The first-order valence-corrected chi connectivity index (χ1v) is 6.21. The van der Waals surface area contributed by atoms with Crippen molar-refractivity contribution in [3.63, 3.8) is 0 Å². The van der Waals surface area contributed by atoms with Crippen LogP contribution in [0.4, 0.5) is 10.2 Å². The summed E-state index contributed by atoms with van der Waals surface area (Å²) in [5.41, 5.74) is 0.334. The Kier molecular flexibility index (Phi) is 3.42. The van der Waals surface area contributed by atoms with E-state index in [0.29, 0.717) is 11.5 Å². The molecule has 0 saturated carbocycles. The predicted octanol–water partition coefficient (Wildman–Crippen LogP) is -1.04. The highest BCUT2D eigenvalue weighted by Gasteiger charge is 2.45. The number of hydrogen-bond donors (Lipinski definition) is 4. The van der Waals surface area contributed by atoms with Crippen LogP contribution in [0.2, 0.25) is 0 Å². The highest BCUT2D eigenvalue weighted by atomic mass is 19.1. The van der Waals surface area contributed by atoms with E-state index in [0.717, 1.165) is 0 Å². The largest absolute Gasteiger partial charge is 0.394 e. The lowest BCUT2D eigenvalue weighted by atomic mass is 10.1. The van der Waals surface area contributed by atoms with Crippen molar-refractivity contribution in [2.24, 2.45) is 4.99 Å². The minimum absolute atomic E-state index is 0.156. The molecule has 9 heteroatoms. The molecule has 1 aromatic heterocycles. The Hall–Kier alpha value is -1.55. The van der Waals surface area contributed by atoms with E-state index in [-0.39, 0.29) is 6.54 Å². The van der Waals surface area contributed by atoms with Gasteiger partial charge in [0.2, 0.25) is 0 Å². The normalized spacial score (nSPS) is 36.5. The first kappa shape index (κ1) is 13.4. The van der Waals surface area contributed by atoms with E-state index >= 15 is 0 Å². The number of aromatic nitrogens is 2. The van der Waals surface area contributed by atoms with Gasteiger partial charge in [-0.1, -0.05) is 0 Å². The molecular formula is C11H15FN4O4. The van der Waals surface area contributed by atoms with Crippen LogP contribution < -0.4 is 5.32 Å². The van der Waals surface area contributed by atoms with Crippen molar-refractivity contribution < 1.29 is 24.4 Å². The van der Waals surface area contributed by atoms with Crippen molar-refractivity contribution in [3.05, 3.63) is 12.0 Å². The number of aliphatic hydroxyl groups is 3. The maximum absolute atomic E-state index is 14.1. The Labute approximate surface area is 113 Å². The van der Waals surface area contributed by atoms with Gasteiger partial charge >= 0.3 is 0 Å². The molecule has 3 rings (SSSR count). The topological polar surface area (TPSA) is 112 Å². The van der Waals surface area contributed by atoms with Gasteiger partial charge in [-0.2, -0.15) is 0 Å². The van der Waals surface area contributed by atoms with Crippen molar-refractivity contribution in [3.8, 4) is 0 Å². The molecule has 0 radical (unpaired) electrons. The van der Waals surface area contributed by atoms with E-state index in [9.17, 15) is 14.6 Å². The minimum Gasteiger partial charge on any atom is -0.394 e. The molecule has 20 heavy (non-hydrogen) atoms. The third-order valence-corrected chi connectivity index (χ3v) is 3.46. The van der Waals surface area contributed by atoms with E-state index < -0.39 is 37.3 Å². The fourth-order valence-corrected chi connectivity index (χ4v) is 2.39. The summed E-state index contributed by atoms with van der Waals surface area (Å²) in [6, 6.07) is 0. The Morgan fingerprint density at radius 1 is 1.50 bits per heavy atom. The second kappa shape index (κ2) is 5.09. The maximum Gasteiger partial charge on any atom is 0.173 e. The van der Waals surface area contributed by atoms with Crippen LogP contribution in [0.3, 0.4) is 0 Å². The number of aliphatic imine (C=N–C) groups is 1. The Bertz CT molecular complexity index is 523. The highest BCUT2D eigenvalue weighted by molar-refractivity contribution is 5.76. The molecule has 0 amide bonds. The summed E-state index contributed by atoms with van der Waals surface area (Å²) in [6.45, 7) is -0.323. The van der Waals surface area contributed by atoms with Crippen LogP contribution in [0, 0.1) is 0 Å².